The van der Waals surface area contributed by atoms with Gasteiger partial charge in [0.25, 0.3) is 0 Å². The maximum absolute atomic E-state index is 12.4. The van der Waals surface area contributed by atoms with Gasteiger partial charge in [0.2, 0.25) is 5.91 Å². The third kappa shape index (κ3) is 5.03. The monoisotopic (exact) mass is 278 g/mol. The molecule has 0 bridgehead atoms. The number of hydrogen-bond donors (Lipinski definition) is 0. The van der Waals surface area contributed by atoms with Crippen molar-refractivity contribution in [2.75, 3.05) is 11.4 Å². The molecule has 1 amide bonds. The van der Waals surface area contributed by atoms with Crippen LogP contribution in [0, 0.1) is 5.92 Å². The van der Waals surface area contributed by atoms with E-state index in [9.17, 15) is 4.79 Å². The van der Waals surface area contributed by atoms with E-state index in [0.717, 1.165) is 31.6 Å². The molecule has 0 aliphatic carbocycles. The molecule has 114 valence electrons. The van der Waals surface area contributed by atoms with Gasteiger partial charge >= 0.3 is 0 Å². The molecule has 0 aromatic carbocycles. The Hall–Kier alpha value is -1.25. The van der Waals surface area contributed by atoms with E-state index in [1.807, 2.05) is 18.7 Å². The molecule has 0 saturated carbocycles. The average Bonchev–Trinajstić information content (AvgIpc) is 2.87. The number of hydrogen-bond acceptors (Lipinski definition) is 1. The van der Waals surface area contributed by atoms with Gasteiger partial charge in [-0.15, -0.1) is 0 Å². The van der Waals surface area contributed by atoms with Gasteiger partial charge in [-0.1, -0.05) is 47.0 Å². The van der Waals surface area contributed by atoms with Gasteiger partial charge in [-0.2, -0.15) is 0 Å². The Balaban J connectivity index is 2.72. The molecule has 1 rings (SSSR count). The summed E-state index contributed by atoms with van der Waals surface area (Å²) in [5.74, 6) is 0.284. The molecule has 0 radical (unpaired) electrons. The highest BCUT2D eigenvalue weighted by molar-refractivity contribution is 5.94. The highest BCUT2D eigenvalue weighted by Crippen LogP contribution is 2.19. The van der Waals surface area contributed by atoms with Crippen LogP contribution >= 0.6 is 0 Å². The molecule has 0 aliphatic heterocycles. The Morgan fingerprint density at radius 3 is 2.55 bits per heavy atom. The number of aromatic nitrogens is 1. The van der Waals surface area contributed by atoms with Gasteiger partial charge in [-0.25, -0.2) is 0 Å². The highest BCUT2D eigenvalue weighted by Gasteiger charge is 2.19. The maximum Gasteiger partial charge on any atom is 0.229 e. The van der Waals surface area contributed by atoms with E-state index in [1.54, 1.807) is 0 Å². The average molecular weight is 278 g/mol. The lowest BCUT2D eigenvalue weighted by atomic mass is 10.1. The molecular formula is C17H30N2O. The second kappa shape index (κ2) is 8.83. The first-order chi connectivity index (χ1) is 9.60. The third-order valence-electron chi connectivity index (χ3n) is 3.52. The Kier molecular flexibility index (Phi) is 7.42. The fourth-order valence-corrected chi connectivity index (χ4v) is 2.36. The minimum absolute atomic E-state index is 0.0516. The molecule has 1 heterocycles. The van der Waals surface area contributed by atoms with Crippen molar-refractivity contribution in [2.24, 2.45) is 5.92 Å². The van der Waals surface area contributed by atoms with Crippen molar-refractivity contribution in [3.63, 3.8) is 0 Å². The first kappa shape index (κ1) is 16.8. The summed E-state index contributed by atoms with van der Waals surface area (Å²) in [6.45, 7) is 10.2. The van der Waals surface area contributed by atoms with E-state index >= 15 is 0 Å². The molecular weight excluding hydrogens is 248 g/mol. The first-order valence-corrected chi connectivity index (χ1v) is 8.07. The minimum Gasteiger partial charge on any atom is -0.352 e. The molecule has 3 nitrogen and oxygen atoms in total. The predicted molar refractivity (Wildman–Crippen MR) is 86.1 cm³/mol. The lowest BCUT2D eigenvalue weighted by Gasteiger charge is -2.23. The van der Waals surface area contributed by atoms with Crippen molar-refractivity contribution in [3.8, 4) is 0 Å². The van der Waals surface area contributed by atoms with Crippen LogP contribution in [0.4, 0.5) is 5.69 Å². The maximum atomic E-state index is 12.4. The van der Waals surface area contributed by atoms with Gasteiger partial charge in [0.05, 0.1) is 5.69 Å². The summed E-state index contributed by atoms with van der Waals surface area (Å²) in [4.78, 5) is 14.4. The van der Waals surface area contributed by atoms with Gasteiger partial charge in [-0.05, 0) is 18.9 Å². The molecule has 1 aromatic rings. The molecule has 0 fully saturated rings. The number of unbranched alkanes of at least 4 members (excludes halogenated alkanes) is 3. The number of anilines is 1. The van der Waals surface area contributed by atoms with Crippen LogP contribution in [0.1, 0.15) is 59.8 Å². The molecule has 0 spiro atoms. The second-order valence-corrected chi connectivity index (χ2v) is 5.81. The summed E-state index contributed by atoms with van der Waals surface area (Å²) in [6.07, 6.45) is 10.1. The highest BCUT2D eigenvalue weighted by atomic mass is 16.2. The number of carbonyl (C=O) groups excluding carboxylic acids is 1. The van der Waals surface area contributed by atoms with Crippen LogP contribution in [-0.4, -0.2) is 17.0 Å². The SMILES string of the molecule is CCCCCCN(C(=O)C(C)C)c1ccn(CCC)c1. The van der Waals surface area contributed by atoms with Gasteiger partial charge in [0.1, 0.15) is 0 Å². The van der Waals surface area contributed by atoms with Crippen molar-refractivity contribution in [2.45, 2.75) is 66.3 Å². The zero-order chi connectivity index (χ0) is 15.0. The molecule has 0 atom stereocenters. The van der Waals surface area contributed by atoms with Gasteiger partial charge in [0, 0.05) is 31.4 Å². The van der Waals surface area contributed by atoms with Crippen LogP contribution in [0.25, 0.3) is 0 Å². The summed E-state index contributed by atoms with van der Waals surface area (Å²) >= 11 is 0. The smallest absolute Gasteiger partial charge is 0.229 e. The zero-order valence-corrected chi connectivity index (χ0v) is 13.6. The summed E-state index contributed by atoms with van der Waals surface area (Å²) in [7, 11) is 0. The minimum atomic E-state index is 0.0516. The fraction of sp³-hybridized carbons (Fsp3) is 0.706. The number of nitrogens with zero attached hydrogens (tertiary/aromatic N) is 2. The van der Waals surface area contributed by atoms with E-state index in [-0.39, 0.29) is 11.8 Å². The molecule has 3 heteroatoms. The van der Waals surface area contributed by atoms with Gasteiger partial charge in [0.15, 0.2) is 0 Å². The van der Waals surface area contributed by atoms with Crippen LogP contribution in [0.2, 0.25) is 0 Å². The fourth-order valence-electron chi connectivity index (χ4n) is 2.36. The third-order valence-corrected chi connectivity index (χ3v) is 3.52. The predicted octanol–water partition coefficient (Wildman–Crippen LogP) is 4.47. The normalized spacial score (nSPS) is 11.1. The van der Waals surface area contributed by atoms with Crippen LogP contribution in [0.15, 0.2) is 18.5 Å². The van der Waals surface area contributed by atoms with E-state index in [4.69, 9.17) is 0 Å². The van der Waals surface area contributed by atoms with E-state index < -0.39 is 0 Å². The summed E-state index contributed by atoms with van der Waals surface area (Å²) in [5, 5.41) is 0. The Morgan fingerprint density at radius 2 is 1.95 bits per heavy atom. The van der Waals surface area contributed by atoms with Crippen molar-refractivity contribution in [3.05, 3.63) is 18.5 Å². The molecule has 0 saturated heterocycles. The van der Waals surface area contributed by atoms with Crippen LogP contribution in [-0.2, 0) is 11.3 Å². The van der Waals surface area contributed by atoms with E-state index in [0.29, 0.717) is 0 Å². The van der Waals surface area contributed by atoms with Crippen molar-refractivity contribution >= 4 is 11.6 Å². The zero-order valence-electron chi connectivity index (χ0n) is 13.6. The lowest BCUT2D eigenvalue weighted by molar-refractivity contribution is -0.121. The van der Waals surface area contributed by atoms with Crippen LogP contribution < -0.4 is 4.90 Å². The molecule has 1 aromatic heterocycles. The van der Waals surface area contributed by atoms with Crippen molar-refractivity contribution in [1.29, 1.82) is 0 Å². The standard InChI is InChI=1S/C17H30N2O/c1-5-7-8-9-12-19(17(20)15(3)4)16-10-13-18(14-16)11-6-2/h10,13-15H,5-9,11-12H2,1-4H3. The van der Waals surface area contributed by atoms with Crippen molar-refractivity contribution < 1.29 is 4.79 Å². The van der Waals surface area contributed by atoms with Crippen molar-refractivity contribution in [1.82, 2.24) is 4.57 Å². The first-order valence-electron chi connectivity index (χ1n) is 8.07. The number of amides is 1. The summed E-state index contributed by atoms with van der Waals surface area (Å²) in [5.41, 5.74) is 1.05. The number of aryl methyl sites for hydroxylation is 1. The van der Waals surface area contributed by atoms with E-state index in [2.05, 4.69) is 36.9 Å². The molecule has 0 N–H and O–H groups in total. The number of rotatable bonds is 9. The quantitative estimate of drug-likeness (QED) is 0.612. The van der Waals surface area contributed by atoms with Crippen LogP contribution in [0.3, 0.4) is 0 Å². The Labute approximate surface area is 124 Å². The second-order valence-electron chi connectivity index (χ2n) is 5.81. The van der Waals surface area contributed by atoms with E-state index in [1.165, 1.54) is 19.3 Å². The molecule has 20 heavy (non-hydrogen) atoms. The Morgan fingerprint density at radius 1 is 1.20 bits per heavy atom. The summed E-state index contributed by atoms with van der Waals surface area (Å²) in [6, 6.07) is 2.07. The summed E-state index contributed by atoms with van der Waals surface area (Å²) < 4.78 is 2.17. The Bertz CT molecular complexity index is 395. The molecule has 0 unspecified atom stereocenters. The van der Waals surface area contributed by atoms with Gasteiger partial charge < -0.3 is 9.47 Å². The van der Waals surface area contributed by atoms with Gasteiger partial charge in [-0.3, -0.25) is 4.79 Å². The van der Waals surface area contributed by atoms with Crippen LogP contribution in [0.5, 0.6) is 0 Å². The topological polar surface area (TPSA) is 25.2 Å². The number of carbonyl (C=O) groups is 1. The largest absolute Gasteiger partial charge is 0.352 e. The molecule has 0 aliphatic rings. The lowest BCUT2D eigenvalue weighted by Crippen LogP contribution is -2.35.